The lowest BCUT2D eigenvalue weighted by Crippen LogP contribution is -2.31. The first kappa shape index (κ1) is 9.95. The number of piperidine rings is 1. The lowest BCUT2D eigenvalue weighted by Gasteiger charge is -2.26. The van der Waals surface area contributed by atoms with Crippen molar-refractivity contribution in [2.45, 2.75) is 19.3 Å². The minimum atomic E-state index is 0.211. The summed E-state index contributed by atoms with van der Waals surface area (Å²) in [6.07, 6.45) is 3.62. The van der Waals surface area contributed by atoms with E-state index in [0.29, 0.717) is 5.95 Å². The number of hydrogen-bond acceptors (Lipinski definition) is 6. The summed E-state index contributed by atoms with van der Waals surface area (Å²) in [6, 6.07) is 0.281. The number of nitrogens with two attached hydrogens (primary N) is 1. The first-order chi connectivity index (χ1) is 7.29. The van der Waals surface area contributed by atoms with Crippen LogP contribution in [0, 0.1) is 0 Å². The van der Waals surface area contributed by atoms with Gasteiger partial charge < -0.3 is 15.4 Å². The Morgan fingerprint density at radius 1 is 1.13 bits per heavy atom. The van der Waals surface area contributed by atoms with Gasteiger partial charge in [-0.25, -0.2) is 0 Å². The Labute approximate surface area is 88.5 Å². The van der Waals surface area contributed by atoms with E-state index >= 15 is 0 Å². The molecule has 2 rings (SSSR count). The van der Waals surface area contributed by atoms with Gasteiger partial charge in [0.2, 0.25) is 11.9 Å². The van der Waals surface area contributed by atoms with Crippen LogP contribution in [-0.2, 0) is 0 Å². The topological polar surface area (TPSA) is 77.2 Å². The molecule has 1 fully saturated rings. The molecule has 0 spiro atoms. The largest absolute Gasteiger partial charge is 0.467 e. The predicted octanol–water partition coefficient (Wildman–Crippen LogP) is 0.453. The molecule has 1 aliphatic heterocycles. The Bertz CT molecular complexity index is 337. The molecule has 0 aromatic carbocycles. The Hall–Kier alpha value is -1.59. The molecule has 0 unspecified atom stereocenters. The van der Waals surface area contributed by atoms with Gasteiger partial charge in [-0.3, -0.25) is 0 Å². The molecule has 82 valence electrons. The highest BCUT2D eigenvalue weighted by atomic mass is 16.5. The van der Waals surface area contributed by atoms with Gasteiger partial charge in [0.1, 0.15) is 0 Å². The van der Waals surface area contributed by atoms with E-state index in [1.807, 2.05) is 0 Å². The third kappa shape index (κ3) is 2.26. The van der Waals surface area contributed by atoms with E-state index in [4.69, 9.17) is 10.5 Å². The smallest absolute Gasteiger partial charge is 0.322 e. The molecule has 6 nitrogen and oxygen atoms in total. The summed E-state index contributed by atoms with van der Waals surface area (Å²) in [5, 5.41) is 0. The molecule has 2 heterocycles. The molecular weight excluding hydrogens is 194 g/mol. The average molecular weight is 209 g/mol. The Morgan fingerprint density at radius 3 is 2.53 bits per heavy atom. The number of anilines is 2. The number of methoxy groups -OCH3 is 1. The van der Waals surface area contributed by atoms with Crippen LogP contribution in [0.15, 0.2) is 0 Å². The summed E-state index contributed by atoms with van der Waals surface area (Å²) in [5.74, 6) is 0.835. The van der Waals surface area contributed by atoms with Crippen LogP contribution in [0.25, 0.3) is 0 Å². The third-order valence-electron chi connectivity index (χ3n) is 2.44. The van der Waals surface area contributed by atoms with E-state index in [0.717, 1.165) is 13.1 Å². The van der Waals surface area contributed by atoms with E-state index in [1.165, 1.54) is 26.4 Å². The van der Waals surface area contributed by atoms with Crippen molar-refractivity contribution in [1.82, 2.24) is 15.0 Å². The van der Waals surface area contributed by atoms with Crippen molar-refractivity contribution in [3.05, 3.63) is 0 Å². The lowest BCUT2D eigenvalue weighted by molar-refractivity contribution is 0.378. The van der Waals surface area contributed by atoms with E-state index in [-0.39, 0.29) is 12.0 Å². The zero-order valence-electron chi connectivity index (χ0n) is 8.81. The fourth-order valence-electron chi connectivity index (χ4n) is 1.69. The minimum Gasteiger partial charge on any atom is -0.467 e. The van der Waals surface area contributed by atoms with Gasteiger partial charge in [-0.15, -0.1) is 0 Å². The number of rotatable bonds is 2. The summed E-state index contributed by atoms with van der Waals surface area (Å²) >= 11 is 0. The second-order valence-electron chi connectivity index (χ2n) is 3.53. The molecule has 6 heteroatoms. The third-order valence-corrected chi connectivity index (χ3v) is 2.44. The summed E-state index contributed by atoms with van der Waals surface area (Å²) in [7, 11) is 1.52. The second-order valence-corrected chi connectivity index (χ2v) is 3.53. The molecule has 1 saturated heterocycles. The fourth-order valence-corrected chi connectivity index (χ4v) is 1.69. The SMILES string of the molecule is COc1nc(N)nc(N2CCCCC2)n1. The van der Waals surface area contributed by atoms with Gasteiger partial charge in [0.25, 0.3) is 0 Å². The quantitative estimate of drug-likeness (QED) is 0.762. The molecule has 0 amide bonds. The van der Waals surface area contributed by atoms with Gasteiger partial charge in [-0.2, -0.15) is 15.0 Å². The van der Waals surface area contributed by atoms with Crippen molar-refractivity contribution in [2.24, 2.45) is 0 Å². The lowest BCUT2D eigenvalue weighted by atomic mass is 10.1. The van der Waals surface area contributed by atoms with Crippen LogP contribution in [0.4, 0.5) is 11.9 Å². The minimum absolute atomic E-state index is 0.211. The molecule has 0 saturated carbocycles. The highest BCUT2D eigenvalue weighted by Gasteiger charge is 2.15. The normalized spacial score (nSPS) is 16.5. The van der Waals surface area contributed by atoms with Crippen LogP contribution in [0.1, 0.15) is 19.3 Å². The second kappa shape index (κ2) is 4.29. The average Bonchev–Trinajstić information content (AvgIpc) is 2.29. The van der Waals surface area contributed by atoms with E-state index in [9.17, 15) is 0 Å². The van der Waals surface area contributed by atoms with Crippen molar-refractivity contribution < 1.29 is 4.74 Å². The number of nitrogens with zero attached hydrogens (tertiary/aromatic N) is 4. The van der Waals surface area contributed by atoms with E-state index in [1.54, 1.807) is 0 Å². The van der Waals surface area contributed by atoms with Crippen LogP contribution < -0.4 is 15.4 Å². The van der Waals surface area contributed by atoms with Crippen molar-refractivity contribution in [1.29, 1.82) is 0 Å². The highest BCUT2D eigenvalue weighted by molar-refractivity contribution is 5.36. The monoisotopic (exact) mass is 209 g/mol. The molecule has 1 aliphatic rings. The standard InChI is InChI=1S/C9H15N5O/c1-15-9-12-7(10)11-8(13-9)14-5-3-2-4-6-14/h2-6H2,1H3,(H2,10,11,12,13). The van der Waals surface area contributed by atoms with Gasteiger partial charge in [-0.1, -0.05) is 0 Å². The van der Waals surface area contributed by atoms with Crippen LogP contribution in [0.5, 0.6) is 6.01 Å². The van der Waals surface area contributed by atoms with Crippen molar-refractivity contribution in [2.75, 3.05) is 30.8 Å². The molecule has 0 atom stereocenters. The zero-order chi connectivity index (χ0) is 10.7. The van der Waals surface area contributed by atoms with Crippen LogP contribution in [-0.4, -0.2) is 35.2 Å². The van der Waals surface area contributed by atoms with Crippen molar-refractivity contribution >= 4 is 11.9 Å². The molecule has 1 aromatic heterocycles. The van der Waals surface area contributed by atoms with Crippen molar-refractivity contribution in [3.8, 4) is 6.01 Å². The van der Waals surface area contributed by atoms with Crippen molar-refractivity contribution in [3.63, 3.8) is 0 Å². The molecule has 1 aromatic rings. The van der Waals surface area contributed by atoms with Gasteiger partial charge in [0, 0.05) is 13.1 Å². The van der Waals surface area contributed by atoms with E-state index in [2.05, 4.69) is 19.9 Å². The summed E-state index contributed by atoms with van der Waals surface area (Å²) in [5.41, 5.74) is 5.57. The Kier molecular flexibility index (Phi) is 2.84. The zero-order valence-corrected chi connectivity index (χ0v) is 8.81. The first-order valence-corrected chi connectivity index (χ1v) is 5.10. The summed E-state index contributed by atoms with van der Waals surface area (Å²) in [4.78, 5) is 14.3. The Morgan fingerprint density at radius 2 is 1.87 bits per heavy atom. The molecule has 0 aliphatic carbocycles. The molecular formula is C9H15N5O. The van der Waals surface area contributed by atoms with Gasteiger partial charge in [0.15, 0.2) is 0 Å². The molecule has 0 radical (unpaired) electrons. The van der Waals surface area contributed by atoms with E-state index < -0.39 is 0 Å². The Balaban J connectivity index is 2.22. The maximum atomic E-state index is 5.57. The highest BCUT2D eigenvalue weighted by Crippen LogP contribution is 2.17. The van der Waals surface area contributed by atoms with Crippen LogP contribution in [0.2, 0.25) is 0 Å². The number of aromatic nitrogens is 3. The number of hydrogen-bond donors (Lipinski definition) is 1. The maximum absolute atomic E-state index is 5.57. The van der Waals surface area contributed by atoms with Crippen LogP contribution >= 0.6 is 0 Å². The number of ether oxygens (including phenoxy) is 1. The molecule has 0 bridgehead atoms. The summed E-state index contributed by atoms with van der Waals surface area (Å²) < 4.78 is 4.96. The van der Waals surface area contributed by atoms with Gasteiger partial charge in [-0.05, 0) is 19.3 Å². The van der Waals surface area contributed by atoms with Gasteiger partial charge >= 0.3 is 6.01 Å². The number of nitrogen functional groups attached to an aromatic ring is 1. The molecule has 15 heavy (non-hydrogen) atoms. The predicted molar refractivity (Wildman–Crippen MR) is 56.9 cm³/mol. The summed E-state index contributed by atoms with van der Waals surface area (Å²) in [6.45, 7) is 1.96. The van der Waals surface area contributed by atoms with Gasteiger partial charge in [0.05, 0.1) is 7.11 Å². The fraction of sp³-hybridized carbons (Fsp3) is 0.667. The molecule has 2 N–H and O–H groups in total. The first-order valence-electron chi connectivity index (χ1n) is 5.10. The van der Waals surface area contributed by atoms with Crippen LogP contribution in [0.3, 0.4) is 0 Å². The maximum Gasteiger partial charge on any atom is 0.322 e.